The molecular weight excluding hydrogens is 528 g/mol. The van der Waals surface area contributed by atoms with Gasteiger partial charge in [-0.25, -0.2) is 9.59 Å². The van der Waals surface area contributed by atoms with E-state index in [9.17, 15) is 22.6 Å². The number of rotatable bonds is 23. The van der Waals surface area contributed by atoms with Gasteiger partial charge in [0.2, 0.25) is 0 Å². The van der Waals surface area contributed by atoms with Gasteiger partial charge in [0.15, 0.2) is 0 Å². The highest BCUT2D eigenvalue weighted by molar-refractivity contribution is 7.86. The third-order valence-corrected chi connectivity index (χ3v) is 7.59. The van der Waals surface area contributed by atoms with Gasteiger partial charge in [0.1, 0.15) is 4.90 Å². The lowest BCUT2D eigenvalue weighted by Crippen LogP contribution is -2.19. The summed E-state index contributed by atoms with van der Waals surface area (Å²) in [6, 6.07) is 3.69. The van der Waals surface area contributed by atoms with Crippen molar-refractivity contribution in [2.75, 3.05) is 13.2 Å². The summed E-state index contributed by atoms with van der Waals surface area (Å²) in [5.74, 6) is -1.77. The van der Waals surface area contributed by atoms with Gasteiger partial charge in [0.25, 0.3) is 10.1 Å². The zero-order valence-corrected chi connectivity index (χ0v) is 25.4. The zero-order chi connectivity index (χ0) is 29.5. The van der Waals surface area contributed by atoms with Crippen molar-refractivity contribution >= 4 is 22.1 Å². The maximum atomic E-state index is 12.8. The van der Waals surface area contributed by atoms with Gasteiger partial charge in [-0.3, -0.25) is 4.55 Å². The largest absolute Gasteiger partial charge is 0.462 e. The molecular formula is C32H50O7S. The normalized spacial score (nSPS) is 11.9. The van der Waals surface area contributed by atoms with Crippen LogP contribution in [0.2, 0.25) is 0 Å². The maximum Gasteiger partial charge on any atom is 0.340 e. The van der Waals surface area contributed by atoms with Gasteiger partial charge in [0, 0.05) is 0 Å². The van der Waals surface area contributed by atoms with Gasteiger partial charge < -0.3 is 9.47 Å². The van der Waals surface area contributed by atoms with Crippen LogP contribution in [0.15, 0.2) is 47.4 Å². The van der Waals surface area contributed by atoms with Crippen LogP contribution in [0.25, 0.3) is 0 Å². The van der Waals surface area contributed by atoms with E-state index >= 15 is 0 Å². The topological polar surface area (TPSA) is 107 Å². The lowest BCUT2D eigenvalue weighted by atomic mass is 10.1. The molecule has 0 radical (unpaired) electrons. The molecule has 1 aromatic rings. The molecule has 1 aromatic carbocycles. The summed E-state index contributed by atoms with van der Waals surface area (Å²) in [5.41, 5.74) is -0.701. The van der Waals surface area contributed by atoms with Crippen molar-refractivity contribution in [3.05, 3.63) is 53.6 Å². The predicted octanol–water partition coefficient (Wildman–Crippen LogP) is 8.64. The van der Waals surface area contributed by atoms with E-state index in [2.05, 4.69) is 24.3 Å². The first-order valence-corrected chi connectivity index (χ1v) is 16.4. The Kier molecular flexibility index (Phi) is 19.8. The second kappa shape index (κ2) is 22.3. The van der Waals surface area contributed by atoms with Crippen LogP contribution >= 0.6 is 0 Å². The number of carbonyl (C=O) groups is 2. The van der Waals surface area contributed by atoms with E-state index in [0.717, 1.165) is 57.4 Å². The molecule has 0 aliphatic carbocycles. The lowest BCUT2D eigenvalue weighted by molar-refractivity contribution is 0.0446. The summed E-state index contributed by atoms with van der Waals surface area (Å²) in [7, 11) is -4.75. The number of unbranched alkanes of at least 4 members (excludes halogenated alkanes) is 14. The fourth-order valence-corrected chi connectivity index (χ4v) is 5.14. The van der Waals surface area contributed by atoms with E-state index in [4.69, 9.17) is 9.47 Å². The maximum absolute atomic E-state index is 12.8. The van der Waals surface area contributed by atoms with Crippen LogP contribution in [0, 0.1) is 0 Å². The first-order valence-electron chi connectivity index (χ1n) is 15.0. The second-order valence-corrected chi connectivity index (χ2v) is 11.5. The van der Waals surface area contributed by atoms with Gasteiger partial charge >= 0.3 is 11.9 Å². The van der Waals surface area contributed by atoms with Crippen molar-refractivity contribution in [3.8, 4) is 0 Å². The molecule has 0 bridgehead atoms. The third-order valence-electron chi connectivity index (χ3n) is 6.70. The first kappa shape index (κ1) is 35.6. The van der Waals surface area contributed by atoms with E-state index in [1.807, 2.05) is 13.8 Å². The summed E-state index contributed by atoms with van der Waals surface area (Å²) in [4.78, 5) is 24.9. The molecule has 0 aliphatic rings. The van der Waals surface area contributed by atoms with E-state index in [0.29, 0.717) is 12.8 Å². The van der Waals surface area contributed by atoms with Crippen LogP contribution < -0.4 is 0 Å². The van der Waals surface area contributed by atoms with Crippen molar-refractivity contribution in [2.45, 2.75) is 121 Å². The Hall–Kier alpha value is -2.45. The van der Waals surface area contributed by atoms with E-state index in [1.165, 1.54) is 50.7 Å². The molecule has 1 N–H and O–H groups in total. The Bertz CT molecular complexity index is 1010. The first-order chi connectivity index (χ1) is 19.3. The fraction of sp³-hybridized carbons (Fsp3) is 0.625. The number of esters is 2. The molecule has 0 aromatic heterocycles. The number of hydrogen-bond donors (Lipinski definition) is 1. The van der Waals surface area contributed by atoms with Crippen LogP contribution in [-0.2, 0) is 19.6 Å². The van der Waals surface area contributed by atoms with Crippen molar-refractivity contribution in [1.29, 1.82) is 0 Å². The lowest BCUT2D eigenvalue weighted by Gasteiger charge is -2.13. The molecule has 0 saturated heterocycles. The highest BCUT2D eigenvalue weighted by Gasteiger charge is 2.28. The molecule has 0 amide bonds. The third kappa shape index (κ3) is 16.0. The van der Waals surface area contributed by atoms with Crippen LogP contribution in [0.1, 0.15) is 137 Å². The molecule has 7 nitrogen and oxygen atoms in total. The quantitative estimate of drug-likeness (QED) is 0.0599. The van der Waals surface area contributed by atoms with Crippen LogP contribution in [0.4, 0.5) is 0 Å². The molecule has 8 heteroatoms. The molecule has 1 rings (SSSR count). The predicted molar refractivity (Wildman–Crippen MR) is 160 cm³/mol. The summed E-state index contributed by atoms with van der Waals surface area (Å²) in [5, 5.41) is 0. The summed E-state index contributed by atoms with van der Waals surface area (Å²) in [6.45, 7) is 4.33. The zero-order valence-electron chi connectivity index (χ0n) is 24.6. The molecule has 0 fully saturated rings. The highest BCUT2D eigenvalue weighted by Crippen LogP contribution is 2.22. The highest BCUT2D eigenvalue weighted by atomic mass is 32.2. The van der Waals surface area contributed by atoms with E-state index in [-0.39, 0.29) is 18.8 Å². The minimum Gasteiger partial charge on any atom is -0.462 e. The molecule has 226 valence electrons. The monoisotopic (exact) mass is 578 g/mol. The molecule has 0 unspecified atom stereocenters. The SMILES string of the molecule is C/C=C/CCCCCCCCCOC(=O)c1cccc(S(=O)(=O)O)c1C(=O)OCCCCCCCCC/C=C/C. The number of ether oxygens (including phenoxy) is 2. The van der Waals surface area contributed by atoms with Gasteiger partial charge in [-0.05, 0) is 64.5 Å². The Balaban J connectivity index is 2.50. The van der Waals surface area contributed by atoms with Crippen LogP contribution in [0.5, 0.6) is 0 Å². The summed E-state index contributed by atoms with van der Waals surface area (Å²) in [6.07, 6.45) is 25.3. The van der Waals surface area contributed by atoms with Crippen LogP contribution in [-0.4, -0.2) is 38.1 Å². The molecule has 0 saturated carbocycles. The Morgan fingerprint density at radius 2 is 1.10 bits per heavy atom. The number of carbonyl (C=O) groups excluding carboxylic acids is 2. The van der Waals surface area contributed by atoms with Gasteiger partial charge in [-0.2, -0.15) is 8.42 Å². The van der Waals surface area contributed by atoms with Gasteiger partial charge in [-0.15, -0.1) is 0 Å². The van der Waals surface area contributed by atoms with E-state index in [1.54, 1.807) is 0 Å². The number of hydrogen-bond acceptors (Lipinski definition) is 6. The Morgan fingerprint density at radius 3 is 1.55 bits per heavy atom. The number of allylic oxidation sites excluding steroid dienone is 4. The minimum atomic E-state index is -4.75. The Labute approximate surface area is 242 Å². The molecule has 0 aliphatic heterocycles. The van der Waals surface area contributed by atoms with Crippen molar-refractivity contribution in [1.82, 2.24) is 0 Å². The summed E-state index contributed by atoms with van der Waals surface area (Å²) >= 11 is 0. The average Bonchev–Trinajstić information content (AvgIpc) is 2.93. The molecule has 0 heterocycles. The molecule has 0 spiro atoms. The van der Waals surface area contributed by atoms with Crippen molar-refractivity contribution in [2.24, 2.45) is 0 Å². The van der Waals surface area contributed by atoms with Crippen LogP contribution in [0.3, 0.4) is 0 Å². The number of benzene rings is 1. The smallest absolute Gasteiger partial charge is 0.340 e. The van der Waals surface area contributed by atoms with Gasteiger partial charge in [0.05, 0.1) is 24.3 Å². The molecule has 40 heavy (non-hydrogen) atoms. The van der Waals surface area contributed by atoms with Crippen molar-refractivity contribution in [3.63, 3.8) is 0 Å². The Morgan fingerprint density at radius 1 is 0.675 bits per heavy atom. The van der Waals surface area contributed by atoms with E-state index < -0.39 is 32.5 Å². The molecule has 0 atom stereocenters. The summed E-state index contributed by atoms with van der Waals surface area (Å²) < 4.78 is 44.2. The standard InChI is InChI=1S/C32H50O7S/c1-3-5-7-9-11-13-15-17-19-21-26-38-31(33)28-24-23-25-29(40(35,36)37)30(28)32(34)39-27-22-20-18-16-14-12-10-8-6-4-2/h3-6,23-25H,7-22,26-27H2,1-2H3,(H,35,36,37)/b5-3+,6-4+. The fourth-order valence-electron chi connectivity index (χ4n) is 4.44. The van der Waals surface area contributed by atoms with Gasteiger partial charge in [-0.1, -0.05) is 94.6 Å². The second-order valence-electron chi connectivity index (χ2n) is 10.1. The average molecular weight is 579 g/mol. The minimum absolute atomic E-state index is 0.101. The van der Waals surface area contributed by atoms with Crippen molar-refractivity contribution < 1.29 is 32.0 Å².